The first-order chi connectivity index (χ1) is 29.1. The second-order valence-corrected chi connectivity index (χ2v) is 15.5. The number of hydrogen-bond donors (Lipinski definition) is 0. The molecule has 0 fully saturated rings. The summed E-state index contributed by atoms with van der Waals surface area (Å²) in [6.45, 7) is 7.29. The van der Waals surface area contributed by atoms with Crippen LogP contribution in [0, 0.1) is 23.7 Å². The molecule has 4 aliphatic rings. The Morgan fingerprint density at radius 1 is 0.333 bits per heavy atom. The molecule has 5 atom stereocenters. The Hall–Kier alpha value is -7.34. The zero-order valence-corrected chi connectivity index (χ0v) is 33.5. The fourth-order valence-corrected chi connectivity index (χ4v) is 9.08. The molecule has 4 aliphatic heterocycles. The minimum atomic E-state index is -0.794. The summed E-state index contributed by atoms with van der Waals surface area (Å²) in [7, 11) is 0. The highest BCUT2D eigenvalue weighted by molar-refractivity contribution is 6.21. The van der Waals surface area contributed by atoms with Crippen molar-refractivity contribution in [2.75, 3.05) is 20.0 Å². The van der Waals surface area contributed by atoms with Crippen LogP contribution in [0.3, 0.4) is 0 Å². The van der Waals surface area contributed by atoms with Crippen LogP contribution in [0.4, 0.5) is 22.7 Å². The highest BCUT2D eigenvalue weighted by Gasteiger charge is 2.52. The van der Waals surface area contributed by atoms with E-state index in [2.05, 4.69) is 0 Å². The summed E-state index contributed by atoms with van der Waals surface area (Å²) >= 11 is 0. The van der Waals surface area contributed by atoms with Crippen LogP contribution in [0.1, 0.15) is 50.7 Å². The molecule has 12 nitrogen and oxygen atoms in total. The normalized spacial score (nSPS) is 22.1. The van der Waals surface area contributed by atoms with E-state index in [1.54, 1.807) is 0 Å². The summed E-state index contributed by atoms with van der Waals surface area (Å²) in [6.07, 6.45) is 0. The first-order valence-corrected chi connectivity index (χ1v) is 20.0. The number of carbonyl (C=O) groups excluding carboxylic acids is 4. The van der Waals surface area contributed by atoms with E-state index in [9.17, 15) is 19.2 Å². The number of hydrazone groups is 4. The Labute approximate surface area is 347 Å². The van der Waals surface area contributed by atoms with Gasteiger partial charge in [0, 0.05) is 34.7 Å². The fourth-order valence-electron chi connectivity index (χ4n) is 9.08. The quantitative estimate of drug-likeness (QED) is 0.142. The second kappa shape index (κ2) is 15.4. The van der Waals surface area contributed by atoms with Crippen molar-refractivity contribution in [1.82, 2.24) is 0 Å². The smallest absolute Gasteiger partial charge is 0.256 e. The zero-order valence-electron chi connectivity index (χ0n) is 33.5. The summed E-state index contributed by atoms with van der Waals surface area (Å²) in [4.78, 5) is 58.2. The zero-order chi connectivity index (χ0) is 41.7. The van der Waals surface area contributed by atoms with Gasteiger partial charge < -0.3 is 0 Å². The maximum absolute atomic E-state index is 14.6. The predicted octanol–water partition coefficient (Wildman–Crippen LogP) is 8.01. The van der Waals surface area contributed by atoms with Gasteiger partial charge in [0.05, 0.1) is 46.4 Å². The van der Waals surface area contributed by atoms with E-state index in [0.717, 1.165) is 0 Å². The van der Waals surface area contributed by atoms with Gasteiger partial charge in [0.15, 0.2) is 0 Å². The topological polar surface area (TPSA) is 131 Å². The van der Waals surface area contributed by atoms with Crippen LogP contribution in [-0.4, -0.2) is 46.5 Å². The highest BCUT2D eigenvalue weighted by atomic mass is 16.2. The summed E-state index contributed by atoms with van der Waals surface area (Å²) < 4.78 is 0. The molecule has 0 N–H and O–H groups in total. The van der Waals surface area contributed by atoms with E-state index in [4.69, 9.17) is 20.4 Å². The SMILES string of the molecule is CC1=NN(c2ccccc2)C(=O)[C@H]1C(c1ccc(C([C@H]2C(=O)N(c3ccccc3)N=C2C)[C@H]2C(=O)N(c3ccccc3)N=C2C)cc1)[C@H]1C(=O)N(c2ccccc2)N=C1C. The van der Waals surface area contributed by atoms with Gasteiger partial charge in [0.25, 0.3) is 23.6 Å². The number of anilines is 4. The average Bonchev–Trinajstić information content (AvgIpc) is 3.95. The lowest BCUT2D eigenvalue weighted by Crippen LogP contribution is -2.41. The van der Waals surface area contributed by atoms with Gasteiger partial charge in [0.1, 0.15) is 0 Å². The lowest BCUT2D eigenvalue weighted by atomic mass is 9.70. The molecule has 0 aliphatic carbocycles. The highest BCUT2D eigenvalue weighted by Crippen LogP contribution is 2.46. The second-order valence-electron chi connectivity index (χ2n) is 15.5. The Kier molecular flexibility index (Phi) is 9.83. The van der Waals surface area contributed by atoms with Crippen molar-refractivity contribution in [3.63, 3.8) is 0 Å². The molecule has 0 saturated heterocycles. The molecule has 0 radical (unpaired) electrons. The molecular weight excluding hydrogens is 753 g/mol. The van der Waals surface area contributed by atoms with Crippen LogP contribution < -0.4 is 20.0 Å². The predicted molar refractivity (Wildman–Crippen MR) is 234 cm³/mol. The molecule has 12 heteroatoms. The Balaban J connectivity index is 1.13. The molecule has 60 heavy (non-hydrogen) atoms. The molecule has 4 heterocycles. The van der Waals surface area contributed by atoms with Gasteiger partial charge >= 0.3 is 0 Å². The number of carbonyl (C=O) groups is 4. The van der Waals surface area contributed by atoms with E-state index in [-0.39, 0.29) is 23.6 Å². The Morgan fingerprint density at radius 3 is 0.733 bits per heavy atom. The van der Waals surface area contributed by atoms with Crippen molar-refractivity contribution < 1.29 is 19.2 Å². The van der Waals surface area contributed by atoms with Crippen molar-refractivity contribution in [2.45, 2.75) is 39.5 Å². The molecule has 0 spiro atoms. The van der Waals surface area contributed by atoms with E-state index < -0.39 is 35.5 Å². The van der Waals surface area contributed by atoms with Crippen LogP contribution in [-0.2, 0) is 19.2 Å². The summed E-state index contributed by atoms with van der Waals surface area (Å²) in [6, 6.07) is 44.6. The number of hydrogen-bond acceptors (Lipinski definition) is 8. The van der Waals surface area contributed by atoms with Crippen molar-refractivity contribution in [1.29, 1.82) is 0 Å². The lowest BCUT2D eigenvalue weighted by molar-refractivity contribution is -0.124. The van der Waals surface area contributed by atoms with Crippen LogP contribution in [0.15, 0.2) is 166 Å². The maximum atomic E-state index is 14.6. The summed E-state index contributed by atoms with van der Waals surface area (Å²) in [5.41, 5.74) is 6.22. The third kappa shape index (κ3) is 6.50. The van der Waals surface area contributed by atoms with E-state index in [0.29, 0.717) is 56.7 Å². The van der Waals surface area contributed by atoms with Gasteiger partial charge in [-0.25, -0.2) is 20.0 Å². The molecule has 4 amide bonds. The molecule has 9 rings (SSSR count). The molecule has 1 unspecified atom stereocenters. The third-order valence-corrected chi connectivity index (χ3v) is 11.9. The van der Waals surface area contributed by atoms with Gasteiger partial charge in [0.2, 0.25) is 0 Å². The van der Waals surface area contributed by atoms with Gasteiger partial charge in [-0.05, 0) is 87.4 Å². The van der Waals surface area contributed by atoms with Gasteiger partial charge in [-0.3, -0.25) is 19.2 Å². The lowest BCUT2D eigenvalue weighted by Gasteiger charge is -2.31. The molecule has 5 aromatic carbocycles. The van der Waals surface area contributed by atoms with Crippen LogP contribution >= 0.6 is 0 Å². The monoisotopic (exact) mass is 794 g/mol. The minimum absolute atomic E-state index is 0.252. The minimum Gasteiger partial charge on any atom is -0.272 e. The van der Waals surface area contributed by atoms with Crippen molar-refractivity contribution in [3.8, 4) is 0 Å². The number of para-hydroxylation sites is 4. The molecule has 0 bridgehead atoms. The number of benzene rings is 5. The van der Waals surface area contributed by atoms with Crippen LogP contribution in [0.5, 0.6) is 0 Å². The van der Waals surface area contributed by atoms with E-state index in [1.165, 1.54) is 20.0 Å². The molecular formula is C48H42N8O4. The number of nitrogens with zero attached hydrogens (tertiary/aromatic N) is 8. The molecule has 298 valence electrons. The summed E-state index contributed by atoms with van der Waals surface area (Å²) in [5, 5.41) is 24.6. The fraction of sp³-hybridized carbons (Fsp3) is 0.208. The average molecular weight is 795 g/mol. The van der Waals surface area contributed by atoms with E-state index in [1.807, 2.05) is 173 Å². The van der Waals surface area contributed by atoms with Gasteiger partial charge in [-0.1, -0.05) is 97.1 Å². The van der Waals surface area contributed by atoms with Crippen molar-refractivity contribution in [3.05, 3.63) is 157 Å². The molecule has 5 aromatic rings. The summed E-state index contributed by atoms with van der Waals surface area (Å²) in [5.74, 6) is -5.57. The van der Waals surface area contributed by atoms with Crippen LogP contribution in [0.25, 0.3) is 0 Å². The van der Waals surface area contributed by atoms with Gasteiger partial charge in [-0.15, -0.1) is 0 Å². The van der Waals surface area contributed by atoms with Crippen LogP contribution in [0.2, 0.25) is 0 Å². The maximum Gasteiger partial charge on any atom is 0.256 e. The third-order valence-electron chi connectivity index (χ3n) is 11.9. The first-order valence-electron chi connectivity index (χ1n) is 20.0. The number of amides is 4. The van der Waals surface area contributed by atoms with Crippen molar-refractivity contribution >= 4 is 69.2 Å². The molecule has 0 aromatic heterocycles. The Bertz CT molecular complexity index is 2270. The first kappa shape index (κ1) is 38.2. The van der Waals surface area contributed by atoms with Crippen molar-refractivity contribution in [2.24, 2.45) is 44.1 Å². The number of rotatable bonds is 10. The molecule has 0 saturated carbocycles. The van der Waals surface area contributed by atoms with Gasteiger partial charge in [-0.2, -0.15) is 20.4 Å². The standard InChI is InChI=1S/C48H42N8O4/c1-29-39(45(57)53(49-29)35-17-9-5-10-18-35)43(40-30(2)50-54(46(40)58)36-19-11-6-12-20-36)33-25-27-34(28-26-33)44(41-31(3)51-55(47(41)59)37-21-13-7-14-22-37)42-32(4)52-56(48(42)60)38-23-15-8-16-24-38/h5-28,39-44H,1-4H3/t39-,40-,41-,42+,44?/m0/s1. The largest absolute Gasteiger partial charge is 0.272 e. The van der Waals surface area contributed by atoms with E-state index >= 15 is 0 Å². The Morgan fingerprint density at radius 2 is 0.533 bits per heavy atom.